The van der Waals surface area contributed by atoms with E-state index >= 15 is 0 Å². The first-order valence-corrected chi connectivity index (χ1v) is 14.7. The molecular weight excluding hydrogens is 786 g/mol. The molecule has 0 fully saturated rings. The van der Waals surface area contributed by atoms with Crippen molar-refractivity contribution in [2.75, 3.05) is 16.0 Å². The van der Waals surface area contributed by atoms with E-state index in [1.807, 2.05) is 75.4 Å². The van der Waals surface area contributed by atoms with Crippen LogP contribution in [0.1, 0.15) is 48.5 Å². The molecule has 0 atom stereocenters. The molecule has 14 heteroatoms. The number of rotatable bonds is 9. The van der Waals surface area contributed by atoms with Crippen LogP contribution in [0.25, 0.3) is 0 Å². The Labute approximate surface area is 291 Å². The molecule has 232 valence electrons. The summed E-state index contributed by atoms with van der Waals surface area (Å²) in [6.45, 7) is 5.49. The molecule has 0 unspecified atom stereocenters. The molecule has 3 amide bonds. The summed E-state index contributed by atoms with van der Waals surface area (Å²) in [6.07, 6.45) is 0. The second-order valence-corrected chi connectivity index (χ2v) is 10.9. The predicted molar refractivity (Wildman–Crippen MR) is 183 cm³/mol. The number of para-hydroxylation sites is 3. The maximum absolute atomic E-state index is 13.2. The van der Waals surface area contributed by atoms with Crippen molar-refractivity contribution in [2.45, 2.75) is 20.8 Å². The third-order valence-corrected chi connectivity index (χ3v) is 7.54. The van der Waals surface area contributed by atoms with Crippen LogP contribution < -0.4 is 16.0 Å². The van der Waals surface area contributed by atoms with Gasteiger partial charge < -0.3 is 29.7 Å². The van der Waals surface area contributed by atoms with Gasteiger partial charge in [0.1, 0.15) is 17.1 Å². The van der Waals surface area contributed by atoms with Gasteiger partial charge in [-0.3, -0.25) is 14.4 Å². The molecule has 0 aliphatic heterocycles. The Morgan fingerprint density at radius 3 is 1.00 bits per heavy atom. The van der Waals surface area contributed by atoms with E-state index in [-0.39, 0.29) is 62.1 Å². The molecule has 6 rings (SSSR count). The zero-order valence-corrected chi connectivity index (χ0v) is 30.6. The van der Waals surface area contributed by atoms with Crippen molar-refractivity contribution in [1.82, 2.24) is 29.1 Å². The number of carbonyl (C=O) groups is 3. The van der Waals surface area contributed by atoms with Crippen LogP contribution in [-0.2, 0) is 0 Å². The van der Waals surface area contributed by atoms with E-state index in [1.165, 1.54) is 0 Å². The molecule has 0 aliphatic rings. The smallest absolute Gasteiger partial charge is 0.400 e. The van der Waals surface area contributed by atoms with Gasteiger partial charge in [0.15, 0.2) is 0 Å². The van der Waals surface area contributed by atoms with Gasteiger partial charge in [-0.2, -0.15) is 0 Å². The molecular formula is C33H31BN9O3Tl. The first kappa shape index (κ1) is 33.1. The number of nitrogens with one attached hydrogen (secondary N) is 3. The van der Waals surface area contributed by atoms with Crippen LogP contribution in [-0.4, -0.2) is 81.2 Å². The molecule has 12 nitrogen and oxygen atoms in total. The third-order valence-electron chi connectivity index (χ3n) is 7.54. The molecule has 3 N–H and O–H groups in total. The van der Waals surface area contributed by atoms with E-state index in [1.54, 1.807) is 68.4 Å². The summed E-state index contributed by atoms with van der Waals surface area (Å²) >= 11 is 0. The number of carbonyl (C=O) groups excluding carboxylic acids is 3. The Hall–Kier alpha value is -5.31. The van der Waals surface area contributed by atoms with Crippen molar-refractivity contribution in [3.8, 4) is 0 Å². The molecule has 0 aliphatic carbocycles. The van der Waals surface area contributed by atoms with Crippen LogP contribution in [0.3, 0.4) is 0 Å². The Kier molecular flexibility index (Phi) is 10.1. The van der Waals surface area contributed by atoms with Gasteiger partial charge in [-0.25, -0.2) is 15.3 Å². The molecule has 0 bridgehead atoms. The Bertz CT molecular complexity index is 1790. The van der Waals surface area contributed by atoms with Crippen LogP contribution in [0, 0.1) is 20.8 Å². The summed E-state index contributed by atoms with van der Waals surface area (Å²) in [5.41, 5.74) is 4.47. The van der Waals surface area contributed by atoms with E-state index in [2.05, 4.69) is 16.0 Å². The third kappa shape index (κ3) is 7.40. The summed E-state index contributed by atoms with van der Waals surface area (Å²) in [7, 11) is -2.08. The SMILES string of the molecule is Cc1cc(C(=O)Nc2ccccc2)nn1[BH-](n1nc(C(=O)Nc2ccccc2)cc1C)n1nc(C(=O)Nc2ccccc2)cc1C.[Tl+]. The second-order valence-electron chi connectivity index (χ2n) is 10.9. The van der Waals surface area contributed by atoms with Crippen LogP contribution in [0.5, 0.6) is 0 Å². The van der Waals surface area contributed by atoms with Gasteiger partial charge in [0.2, 0.25) is 0 Å². The molecule has 3 heterocycles. The van der Waals surface area contributed by atoms with E-state index < -0.39 is 7.12 Å². The zero-order valence-electron chi connectivity index (χ0n) is 26.1. The molecule has 0 saturated heterocycles. The number of aromatic nitrogens is 6. The van der Waals surface area contributed by atoms with Crippen molar-refractivity contribution in [2.24, 2.45) is 0 Å². The maximum Gasteiger partial charge on any atom is 1.00 e. The monoisotopic (exact) mass is 817 g/mol. The topological polar surface area (TPSA) is 141 Å². The first-order chi connectivity index (χ1) is 22.3. The van der Waals surface area contributed by atoms with E-state index in [4.69, 9.17) is 15.3 Å². The van der Waals surface area contributed by atoms with Gasteiger partial charge in [-0.1, -0.05) is 54.6 Å². The van der Waals surface area contributed by atoms with E-state index in [0.29, 0.717) is 34.1 Å². The summed E-state index contributed by atoms with van der Waals surface area (Å²) in [6, 6.07) is 32.4. The molecule has 0 saturated carbocycles. The van der Waals surface area contributed by atoms with Crippen LogP contribution in [0.4, 0.5) is 17.1 Å². The number of nitrogens with zero attached hydrogens (tertiary/aromatic N) is 6. The van der Waals surface area contributed by atoms with Crippen LogP contribution >= 0.6 is 0 Å². The summed E-state index contributed by atoms with van der Waals surface area (Å²) in [4.78, 5) is 39.6. The van der Waals surface area contributed by atoms with Crippen molar-refractivity contribution in [1.29, 1.82) is 0 Å². The van der Waals surface area contributed by atoms with Gasteiger partial charge in [0.05, 0.1) is 0 Å². The summed E-state index contributed by atoms with van der Waals surface area (Å²) < 4.78 is 5.03. The number of anilines is 3. The quantitative estimate of drug-likeness (QED) is 0.187. The Morgan fingerprint density at radius 1 is 0.489 bits per heavy atom. The van der Waals surface area contributed by atoms with Crippen LogP contribution in [0.15, 0.2) is 109 Å². The first-order valence-electron chi connectivity index (χ1n) is 14.7. The molecule has 3 aromatic carbocycles. The number of hydrogen-bond acceptors (Lipinski definition) is 6. The molecule has 47 heavy (non-hydrogen) atoms. The Balaban J connectivity index is 0.00000433. The normalized spacial score (nSPS) is 10.7. The fraction of sp³-hybridized carbons (Fsp3) is 0.0909. The summed E-state index contributed by atoms with van der Waals surface area (Å²) in [5.74, 6) is -1.15. The number of benzene rings is 3. The van der Waals surface area contributed by atoms with Crippen molar-refractivity contribution in [3.63, 3.8) is 0 Å². The van der Waals surface area contributed by atoms with Crippen molar-refractivity contribution in [3.05, 3.63) is 143 Å². The van der Waals surface area contributed by atoms with E-state index in [0.717, 1.165) is 0 Å². The largest absolute Gasteiger partial charge is 1.00 e. The molecule has 0 spiro atoms. The standard InChI is InChI=1S/C33H31BN9O3.Tl/c1-22-19-28(31(44)35-25-13-7-4-8-14-25)38-41(22)34(42-23(2)20-29(39-42)32(45)36-26-15-9-5-10-16-26)43-24(3)21-30(40-43)33(46)37-27-17-11-6-12-18-27;/h4-21,34H,1-3H3,(H,35,44)(H,36,45)(H,37,46);/q-1;+1. The van der Waals surface area contributed by atoms with Gasteiger partial charge >= 0.3 is 34.4 Å². The van der Waals surface area contributed by atoms with Gasteiger partial charge in [0.25, 0.3) is 17.7 Å². The maximum atomic E-state index is 13.2. The van der Waals surface area contributed by atoms with Gasteiger partial charge in [0, 0.05) is 17.1 Å². The minimum absolute atomic E-state index is 0. The van der Waals surface area contributed by atoms with E-state index in [9.17, 15) is 14.4 Å². The minimum atomic E-state index is -2.08. The van der Waals surface area contributed by atoms with Gasteiger partial charge in [-0.15, -0.1) is 0 Å². The van der Waals surface area contributed by atoms with Gasteiger partial charge in [-0.05, 0) is 92.5 Å². The molecule has 0 radical (unpaired) electrons. The average molecular weight is 817 g/mol. The fourth-order valence-corrected chi connectivity index (χ4v) is 5.25. The van der Waals surface area contributed by atoms with Crippen molar-refractivity contribution < 1.29 is 14.4 Å². The minimum Gasteiger partial charge on any atom is -0.400 e. The number of aryl methyl sites for hydroxylation is 3. The second kappa shape index (κ2) is 14.4. The number of hydrogen-bond donors (Lipinski definition) is 3. The predicted octanol–water partition coefficient (Wildman–Crippen LogP) is 4.24. The molecule has 3 aromatic heterocycles. The van der Waals surface area contributed by atoms with Crippen LogP contribution in [0.2, 0.25) is 0 Å². The summed E-state index contributed by atoms with van der Waals surface area (Å²) in [5, 5.41) is 22.7. The molecule has 6 aromatic rings. The fourth-order valence-electron chi connectivity index (χ4n) is 5.25. The Morgan fingerprint density at radius 2 is 0.745 bits per heavy atom. The zero-order chi connectivity index (χ0) is 32.2. The van der Waals surface area contributed by atoms with Crippen molar-refractivity contribution >= 4 is 69.2 Å². The average Bonchev–Trinajstić information content (AvgIpc) is 3.76. The number of amides is 3.